The van der Waals surface area contributed by atoms with E-state index in [0.29, 0.717) is 18.0 Å². The molecule has 3 rings (SSSR count). The zero-order valence-electron chi connectivity index (χ0n) is 13.5. The van der Waals surface area contributed by atoms with Gasteiger partial charge in [0.1, 0.15) is 5.75 Å². The molecule has 5 heteroatoms. The Morgan fingerprint density at radius 2 is 1.96 bits per heavy atom. The van der Waals surface area contributed by atoms with Gasteiger partial charge in [-0.25, -0.2) is 0 Å². The van der Waals surface area contributed by atoms with Gasteiger partial charge in [0.25, 0.3) is 5.91 Å². The smallest absolute Gasteiger partial charge is 0.265 e. The molecule has 0 spiro atoms. The zero-order valence-corrected chi connectivity index (χ0v) is 13.5. The van der Waals surface area contributed by atoms with Gasteiger partial charge in [0, 0.05) is 6.54 Å². The van der Waals surface area contributed by atoms with E-state index in [0.717, 1.165) is 12.0 Å². The van der Waals surface area contributed by atoms with Gasteiger partial charge in [0.05, 0.1) is 12.1 Å². The summed E-state index contributed by atoms with van der Waals surface area (Å²) < 4.78 is 5.51. The van der Waals surface area contributed by atoms with Gasteiger partial charge in [-0.3, -0.25) is 9.59 Å². The average Bonchev–Trinajstić information content (AvgIpc) is 2.57. The van der Waals surface area contributed by atoms with Crippen LogP contribution in [-0.2, 0) is 22.4 Å². The Balaban J connectivity index is 1.53. The van der Waals surface area contributed by atoms with E-state index in [4.69, 9.17) is 4.74 Å². The topological polar surface area (TPSA) is 67.4 Å². The van der Waals surface area contributed by atoms with Crippen LogP contribution in [0.5, 0.6) is 5.75 Å². The van der Waals surface area contributed by atoms with Crippen molar-refractivity contribution >= 4 is 17.5 Å². The van der Waals surface area contributed by atoms with Gasteiger partial charge in [-0.2, -0.15) is 0 Å². The monoisotopic (exact) mass is 324 g/mol. The molecular formula is C19H20N2O3. The van der Waals surface area contributed by atoms with Crippen molar-refractivity contribution < 1.29 is 14.3 Å². The molecule has 24 heavy (non-hydrogen) atoms. The first-order valence-electron chi connectivity index (χ1n) is 8.03. The summed E-state index contributed by atoms with van der Waals surface area (Å²) in [5, 5.41) is 5.71. The van der Waals surface area contributed by atoms with Crippen LogP contribution in [0.3, 0.4) is 0 Å². The summed E-state index contributed by atoms with van der Waals surface area (Å²) in [5.74, 6) is 0.421. The van der Waals surface area contributed by atoms with Crippen molar-refractivity contribution in [1.29, 1.82) is 0 Å². The van der Waals surface area contributed by atoms with Crippen LogP contribution in [-0.4, -0.2) is 24.5 Å². The third-order valence-corrected chi connectivity index (χ3v) is 3.92. The van der Waals surface area contributed by atoms with Gasteiger partial charge in [-0.15, -0.1) is 0 Å². The van der Waals surface area contributed by atoms with Crippen LogP contribution in [0.4, 0.5) is 5.69 Å². The number of carbonyl (C=O) groups is 2. The van der Waals surface area contributed by atoms with E-state index in [9.17, 15) is 9.59 Å². The fourth-order valence-corrected chi connectivity index (χ4v) is 2.60. The lowest BCUT2D eigenvalue weighted by Gasteiger charge is -2.23. The number of carbonyl (C=O) groups excluding carboxylic acids is 2. The molecule has 1 aliphatic rings. The van der Waals surface area contributed by atoms with Crippen molar-refractivity contribution in [1.82, 2.24) is 5.32 Å². The van der Waals surface area contributed by atoms with E-state index in [1.165, 1.54) is 5.56 Å². The Bertz CT molecular complexity index is 744. The highest BCUT2D eigenvalue weighted by Gasteiger charge is 2.23. The lowest BCUT2D eigenvalue weighted by atomic mass is 10.1. The number of amides is 2. The molecule has 0 aliphatic carbocycles. The SMILES string of the molecule is CC1Oc2ccc(CC(=O)NCCc3ccccc3)cc2NC1=O. The van der Waals surface area contributed by atoms with Gasteiger partial charge in [-0.05, 0) is 36.6 Å². The lowest BCUT2D eigenvalue weighted by molar-refractivity contribution is -0.122. The molecule has 1 atom stereocenters. The molecule has 0 bridgehead atoms. The molecule has 0 radical (unpaired) electrons. The summed E-state index contributed by atoms with van der Waals surface area (Å²) in [4.78, 5) is 23.7. The van der Waals surface area contributed by atoms with Crippen molar-refractivity contribution in [3.05, 3.63) is 59.7 Å². The second-order valence-electron chi connectivity index (χ2n) is 5.84. The van der Waals surface area contributed by atoms with Crippen LogP contribution in [0.15, 0.2) is 48.5 Å². The first-order valence-corrected chi connectivity index (χ1v) is 8.03. The van der Waals surface area contributed by atoms with E-state index in [1.807, 2.05) is 36.4 Å². The maximum Gasteiger partial charge on any atom is 0.265 e. The average molecular weight is 324 g/mol. The van der Waals surface area contributed by atoms with Crippen LogP contribution in [0.2, 0.25) is 0 Å². The number of rotatable bonds is 5. The van der Waals surface area contributed by atoms with E-state index < -0.39 is 6.10 Å². The standard InChI is InChI=1S/C19H20N2O3/c1-13-19(23)21-16-11-15(7-8-17(16)24-13)12-18(22)20-10-9-14-5-3-2-4-6-14/h2-8,11,13H,9-10,12H2,1H3,(H,20,22)(H,21,23). The summed E-state index contributed by atoms with van der Waals surface area (Å²) in [6.45, 7) is 2.30. The minimum atomic E-state index is -0.496. The van der Waals surface area contributed by atoms with Crippen molar-refractivity contribution in [3.63, 3.8) is 0 Å². The minimum Gasteiger partial charge on any atom is -0.479 e. The van der Waals surface area contributed by atoms with Crippen molar-refractivity contribution in [2.24, 2.45) is 0 Å². The van der Waals surface area contributed by atoms with E-state index in [1.54, 1.807) is 19.1 Å². The maximum absolute atomic E-state index is 12.1. The zero-order chi connectivity index (χ0) is 16.9. The molecule has 0 saturated carbocycles. The van der Waals surface area contributed by atoms with Crippen LogP contribution in [0.1, 0.15) is 18.1 Å². The number of fused-ring (bicyclic) bond motifs is 1. The van der Waals surface area contributed by atoms with E-state index in [2.05, 4.69) is 10.6 Å². The van der Waals surface area contributed by atoms with Gasteiger partial charge in [0.15, 0.2) is 6.10 Å². The third-order valence-electron chi connectivity index (χ3n) is 3.92. The van der Waals surface area contributed by atoms with Crippen LogP contribution >= 0.6 is 0 Å². The van der Waals surface area contributed by atoms with Gasteiger partial charge in [0.2, 0.25) is 5.91 Å². The van der Waals surface area contributed by atoms with Crippen LogP contribution < -0.4 is 15.4 Å². The predicted octanol–water partition coefficient (Wildman–Crippen LogP) is 2.31. The Morgan fingerprint density at radius 1 is 1.17 bits per heavy atom. The molecule has 1 unspecified atom stereocenters. The number of nitrogens with one attached hydrogen (secondary N) is 2. The van der Waals surface area contributed by atoms with Crippen molar-refractivity contribution in [2.45, 2.75) is 25.9 Å². The highest BCUT2D eigenvalue weighted by Crippen LogP contribution is 2.30. The summed E-state index contributed by atoms with van der Waals surface area (Å²) >= 11 is 0. The molecule has 2 N–H and O–H groups in total. The lowest BCUT2D eigenvalue weighted by Crippen LogP contribution is -2.34. The third kappa shape index (κ3) is 3.93. The maximum atomic E-state index is 12.1. The molecule has 5 nitrogen and oxygen atoms in total. The Labute approximate surface area is 141 Å². The fraction of sp³-hybridized carbons (Fsp3) is 0.263. The molecule has 1 aliphatic heterocycles. The molecule has 2 amide bonds. The molecule has 0 saturated heterocycles. The predicted molar refractivity (Wildman–Crippen MR) is 92.0 cm³/mol. The van der Waals surface area contributed by atoms with Gasteiger partial charge in [-0.1, -0.05) is 36.4 Å². The quantitative estimate of drug-likeness (QED) is 0.887. The van der Waals surface area contributed by atoms with Crippen LogP contribution in [0.25, 0.3) is 0 Å². The fourth-order valence-electron chi connectivity index (χ4n) is 2.60. The second-order valence-corrected chi connectivity index (χ2v) is 5.84. The summed E-state index contributed by atoms with van der Waals surface area (Å²) in [7, 11) is 0. The first-order chi connectivity index (χ1) is 11.6. The highest BCUT2D eigenvalue weighted by molar-refractivity contribution is 5.97. The molecule has 0 aromatic heterocycles. The summed E-state index contributed by atoms with van der Waals surface area (Å²) in [5.41, 5.74) is 2.65. The largest absolute Gasteiger partial charge is 0.479 e. The van der Waals surface area contributed by atoms with Crippen LogP contribution in [0, 0.1) is 0 Å². The summed E-state index contributed by atoms with van der Waals surface area (Å²) in [6, 6.07) is 15.5. The molecule has 2 aromatic rings. The molecule has 0 fully saturated rings. The summed E-state index contributed by atoms with van der Waals surface area (Å²) in [6.07, 6.45) is 0.580. The Kier molecular flexibility index (Phi) is 4.79. The number of anilines is 1. The minimum absolute atomic E-state index is 0.0395. The van der Waals surface area contributed by atoms with Gasteiger partial charge < -0.3 is 15.4 Å². The second kappa shape index (κ2) is 7.17. The van der Waals surface area contributed by atoms with E-state index >= 15 is 0 Å². The molecule has 1 heterocycles. The Hall–Kier alpha value is -2.82. The Morgan fingerprint density at radius 3 is 2.75 bits per heavy atom. The van der Waals surface area contributed by atoms with Crippen molar-refractivity contribution in [3.8, 4) is 5.75 Å². The van der Waals surface area contributed by atoms with E-state index in [-0.39, 0.29) is 18.2 Å². The first kappa shape index (κ1) is 16.1. The van der Waals surface area contributed by atoms with Crippen molar-refractivity contribution in [2.75, 3.05) is 11.9 Å². The molecule has 124 valence electrons. The van der Waals surface area contributed by atoms with Gasteiger partial charge >= 0.3 is 0 Å². The molecule has 2 aromatic carbocycles. The normalized spacial score (nSPS) is 15.9. The number of hydrogen-bond donors (Lipinski definition) is 2. The molecular weight excluding hydrogens is 304 g/mol. The number of ether oxygens (including phenoxy) is 1. The highest BCUT2D eigenvalue weighted by atomic mass is 16.5. The number of hydrogen-bond acceptors (Lipinski definition) is 3. The number of benzene rings is 2.